The monoisotopic (exact) mass is 198 g/mol. The largest absolute Gasteiger partial charge is 0.460 e. The summed E-state index contributed by atoms with van der Waals surface area (Å²) in [5.41, 5.74) is -0.369. The predicted molar refractivity (Wildman–Crippen MR) is 59.1 cm³/mol. The van der Waals surface area contributed by atoms with Gasteiger partial charge in [-0.3, -0.25) is 4.79 Å². The highest BCUT2D eigenvalue weighted by molar-refractivity contribution is 5.72. The fourth-order valence-electron chi connectivity index (χ4n) is 1.03. The van der Waals surface area contributed by atoms with Crippen LogP contribution in [-0.2, 0) is 9.53 Å². The zero-order chi connectivity index (χ0) is 11.2. The maximum absolute atomic E-state index is 11.5. The van der Waals surface area contributed by atoms with Gasteiger partial charge in [-0.25, -0.2) is 0 Å². The lowest BCUT2D eigenvalue weighted by Gasteiger charge is -2.22. The molecular formula is C12H22O2. The minimum atomic E-state index is -0.369. The topological polar surface area (TPSA) is 26.3 Å². The minimum absolute atomic E-state index is 0.00887. The van der Waals surface area contributed by atoms with Gasteiger partial charge in [-0.15, -0.1) is 0 Å². The second kappa shape index (κ2) is 5.84. The van der Waals surface area contributed by atoms with Crippen LogP contribution in [0, 0.1) is 5.92 Å². The molecular weight excluding hydrogens is 176 g/mol. The van der Waals surface area contributed by atoms with Gasteiger partial charge in [-0.05, 0) is 40.5 Å². The fraction of sp³-hybridized carbons (Fsp3) is 0.750. The standard InChI is InChI=1S/C12H22O2/c1-6-7-8-9-10(2)11(13)14-12(3,4)5/h6-7,10H,8-9H2,1-5H3. The van der Waals surface area contributed by atoms with Crippen molar-refractivity contribution in [2.75, 3.05) is 0 Å². The average molecular weight is 198 g/mol. The Kier molecular flexibility index (Phi) is 5.51. The summed E-state index contributed by atoms with van der Waals surface area (Å²) in [7, 11) is 0. The van der Waals surface area contributed by atoms with Crippen LogP contribution in [0.4, 0.5) is 0 Å². The van der Waals surface area contributed by atoms with E-state index in [4.69, 9.17) is 4.74 Å². The van der Waals surface area contributed by atoms with E-state index in [1.165, 1.54) is 0 Å². The molecule has 0 aliphatic rings. The first kappa shape index (κ1) is 13.2. The molecule has 14 heavy (non-hydrogen) atoms. The molecule has 82 valence electrons. The molecule has 0 heterocycles. The fourth-order valence-corrected chi connectivity index (χ4v) is 1.03. The van der Waals surface area contributed by atoms with Gasteiger partial charge in [0.1, 0.15) is 5.60 Å². The van der Waals surface area contributed by atoms with Crippen molar-refractivity contribution in [1.82, 2.24) is 0 Å². The Labute approximate surface area is 87.3 Å². The van der Waals surface area contributed by atoms with Gasteiger partial charge in [-0.2, -0.15) is 0 Å². The number of rotatable bonds is 4. The number of esters is 1. The quantitative estimate of drug-likeness (QED) is 0.511. The smallest absolute Gasteiger partial charge is 0.309 e. The second-order valence-corrected chi connectivity index (χ2v) is 4.58. The zero-order valence-electron chi connectivity index (χ0n) is 9.96. The van der Waals surface area contributed by atoms with Crippen molar-refractivity contribution in [3.05, 3.63) is 12.2 Å². The summed E-state index contributed by atoms with van der Waals surface area (Å²) in [6.45, 7) is 9.58. The van der Waals surface area contributed by atoms with Crippen molar-refractivity contribution in [3.8, 4) is 0 Å². The molecule has 0 spiro atoms. The zero-order valence-corrected chi connectivity index (χ0v) is 9.96. The maximum atomic E-state index is 11.5. The first-order valence-electron chi connectivity index (χ1n) is 5.21. The highest BCUT2D eigenvalue weighted by Gasteiger charge is 2.20. The van der Waals surface area contributed by atoms with Crippen molar-refractivity contribution in [1.29, 1.82) is 0 Å². The van der Waals surface area contributed by atoms with E-state index in [0.717, 1.165) is 12.8 Å². The number of hydrogen-bond acceptors (Lipinski definition) is 2. The number of carbonyl (C=O) groups excluding carboxylic acids is 1. The molecule has 0 saturated carbocycles. The Morgan fingerprint density at radius 3 is 2.43 bits per heavy atom. The number of allylic oxidation sites excluding steroid dienone is 2. The summed E-state index contributed by atoms with van der Waals surface area (Å²) < 4.78 is 5.27. The molecule has 0 aromatic heterocycles. The van der Waals surface area contributed by atoms with Crippen molar-refractivity contribution in [2.24, 2.45) is 5.92 Å². The Morgan fingerprint density at radius 1 is 1.43 bits per heavy atom. The van der Waals surface area contributed by atoms with Gasteiger partial charge in [0.25, 0.3) is 0 Å². The van der Waals surface area contributed by atoms with Crippen LogP contribution in [0.2, 0.25) is 0 Å². The minimum Gasteiger partial charge on any atom is -0.460 e. The van der Waals surface area contributed by atoms with E-state index in [0.29, 0.717) is 0 Å². The summed E-state index contributed by atoms with van der Waals surface area (Å²) >= 11 is 0. The van der Waals surface area contributed by atoms with Gasteiger partial charge in [-0.1, -0.05) is 19.1 Å². The Morgan fingerprint density at radius 2 is 2.00 bits per heavy atom. The van der Waals surface area contributed by atoms with E-state index in [1.807, 2.05) is 40.7 Å². The van der Waals surface area contributed by atoms with Crippen LogP contribution in [-0.4, -0.2) is 11.6 Å². The molecule has 0 radical (unpaired) electrons. The van der Waals surface area contributed by atoms with E-state index in [1.54, 1.807) is 0 Å². The lowest BCUT2D eigenvalue weighted by Crippen LogP contribution is -2.27. The van der Waals surface area contributed by atoms with Gasteiger partial charge in [0.15, 0.2) is 0 Å². The normalized spacial score (nSPS) is 14.4. The maximum Gasteiger partial charge on any atom is 0.309 e. The average Bonchev–Trinajstić information content (AvgIpc) is 2.01. The third kappa shape index (κ3) is 6.70. The van der Waals surface area contributed by atoms with E-state index < -0.39 is 0 Å². The Bertz CT molecular complexity index is 199. The van der Waals surface area contributed by atoms with Crippen molar-refractivity contribution < 1.29 is 9.53 Å². The van der Waals surface area contributed by atoms with Crippen LogP contribution in [0.3, 0.4) is 0 Å². The molecule has 0 aromatic carbocycles. The second-order valence-electron chi connectivity index (χ2n) is 4.58. The number of hydrogen-bond donors (Lipinski definition) is 0. The highest BCUT2D eigenvalue weighted by Crippen LogP contribution is 2.14. The van der Waals surface area contributed by atoms with Crippen molar-refractivity contribution in [2.45, 2.75) is 53.1 Å². The highest BCUT2D eigenvalue weighted by atomic mass is 16.6. The van der Waals surface area contributed by atoms with Crippen molar-refractivity contribution >= 4 is 5.97 Å². The lowest BCUT2D eigenvalue weighted by molar-refractivity contribution is -0.159. The molecule has 0 aliphatic carbocycles. The van der Waals surface area contributed by atoms with E-state index in [9.17, 15) is 4.79 Å². The first-order chi connectivity index (χ1) is 6.37. The third-order valence-corrected chi connectivity index (χ3v) is 1.81. The molecule has 2 heteroatoms. The van der Waals surface area contributed by atoms with Crippen LogP contribution in [0.25, 0.3) is 0 Å². The first-order valence-corrected chi connectivity index (χ1v) is 5.21. The molecule has 0 amide bonds. The summed E-state index contributed by atoms with van der Waals surface area (Å²) in [5.74, 6) is -0.104. The number of carbonyl (C=O) groups is 1. The van der Waals surface area contributed by atoms with Crippen LogP contribution in [0.15, 0.2) is 12.2 Å². The summed E-state index contributed by atoms with van der Waals surface area (Å²) in [6, 6.07) is 0. The van der Waals surface area contributed by atoms with Crippen LogP contribution in [0.1, 0.15) is 47.5 Å². The van der Waals surface area contributed by atoms with Gasteiger partial charge < -0.3 is 4.74 Å². The van der Waals surface area contributed by atoms with Gasteiger partial charge >= 0.3 is 5.97 Å². The van der Waals surface area contributed by atoms with Gasteiger partial charge in [0.2, 0.25) is 0 Å². The van der Waals surface area contributed by atoms with E-state index in [-0.39, 0.29) is 17.5 Å². The summed E-state index contributed by atoms with van der Waals surface area (Å²) in [5, 5.41) is 0. The predicted octanol–water partition coefficient (Wildman–Crippen LogP) is 3.32. The molecule has 2 nitrogen and oxygen atoms in total. The molecule has 0 aliphatic heterocycles. The van der Waals surface area contributed by atoms with Crippen molar-refractivity contribution in [3.63, 3.8) is 0 Å². The molecule has 0 saturated heterocycles. The Hall–Kier alpha value is -0.790. The molecule has 1 unspecified atom stereocenters. The molecule has 0 N–H and O–H groups in total. The van der Waals surface area contributed by atoms with Crippen LogP contribution >= 0.6 is 0 Å². The van der Waals surface area contributed by atoms with Crippen LogP contribution in [0.5, 0.6) is 0 Å². The molecule has 0 aromatic rings. The molecule has 1 atom stereocenters. The summed E-state index contributed by atoms with van der Waals surface area (Å²) in [6.07, 6.45) is 5.87. The van der Waals surface area contributed by atoms with E-state index in [2.05, 4.69) is 6.08 Å². The molecule has 0 fully saturated rings. The van der Waals surface area contributed by atoms with E-state index >= 15 is 0 Å². The molecule has 0 rings (SSSR count). The lowest BCUT2D eigenvalue weighted by atomic mass is 10.1. The summed E-state index contributed by atoms with van der Waals surface area (Å²) in [4.78, 5) is 11.5. The molecule has 0 bridgehead atoms. The van der Waals surface area contributed by atoms with Crippen LogP contribution < -0.4 is 0 Å². The SMILES string of the molecule is CC=CCCC(C)C(=O)OC(C)(C)C. The third-order valence-electron chi connectivity index (χ3n) is 1.81. The van der Waals surface area contributed by atoms with Gasteiger partial charge in [0.05, 0.1) is 5.92 Å². The Balaban J connectivity index is 3.88. The van der Waals surface area contributed by atoms with Gasteiger partial charge in [0, 0.05) is 0 Å². The number of ether oxygens (including phenoxy) is 1.